The van der Waals surface area contributed by atoms with Gasteiger partial charge in [-0.15, -0.1) is 0 Å². The molecule has 1 aromatic heterocycles. The summed E-state index contributed by atoms with van der Waals surface area (Å²) in [6.45, 7) is 1.88. The summed E-state index contributed by atoms with van der Waals surface area (Å²) < 4.78 is 33.6. The number of rotatable bonds is 6. The molecule has 3 N–H and O–H groups in total. The predicted octanol–water partition coefficient (Wildman–Crippen LogP) is 6.76. The third kappa shape index (κ3) is 5.01. The molecule has 36 heavy (non-hydrogen) atoms. The fourth-order valence-corrected chi connectivity index (χ4v) is 4.21. The smallest absolute Gasteiger partial charge is 0.260 e. The number of imidazole rings is 1. The molecule has 0 unspecified atom stereocenters. The van der Waals surface area contributed by atoms with Gasteiger partial charge in [0.15, 0.2) is 5.82 Å². The molecule has 0 saturated heterocycles. The van der Waals surface area contributed by atoms with E-state index in [9.17, 15) is 18.4 Å². The summed E-state index contributed by atoms with van der Waals surface area (Å²) in [6, 6.07) is 8.55. The van der Waals surface area contributed by atoms with Crippen molar-refractivity contribution in [3.8, 4) is 0 Å². The Morgan fingerprint density at radius 3 is 2.53 bits per heavy atom. The summed E-state index contributed by atoms with van der Waals surface area (Å²) in [5, 5.41) is 4.36. The fourth-order valence-electron chi connectivity index (χ4n) is 3.52. The number of halogens is 5. The summed E-state index contributed by atoms with van der Waals surface area (Å²) in [5.74, 6) is -3.39. The number of aromatic nitrogens is 2. The number of benzene rings is 3. The zero-order valence-corrected chi connectivity index (χ0v) is 21.0. The van der Waals surface area contributed by atoms with Crippen LogP contribution in [-0.2, 0) is 11.3 Å². The van der Waals surface area contributed by atoms with Crippen LogP contribution in [0.25, 0.3) is 11.0 Å². The molecule has 4 rings (SSSR count). The molecule has 0 bridgehead atoms. The lowest BCUT2D eigenvalue weighted by molar-refractivity contribution is 0.101. The number of ether oxygens (including phenoxy) is 1. The highest BCUT2D eigenvalue weighted by Crippen LogP contribution is 2.31. The van der Waals surface area contributed by atoms with Crippen LogP contribution in [0.4, 0.5) is 20.2 Å². The van der Waals surface area contributed by atoms with Gasteiger partial charge in [0.25, 0.3) is 11.8 Å². The van der Waals surface area contributed by atoms with Crippen molar-refractivity contribution in [2.75, 3.05) is 17.7 Å². The van der Waals surface area contributed by atoms with Crippen LogP contribution in [0.5, 0.6) is 0 Å². The lowest BCUT2D eigenvalue weighted by atomic mass is 10.1. The first-order valence-electron chi connectivity index (χ1n) is 10.3. The average molecular weight is 554 g/mol. The van der Waals surface area contributed by atoms with Gasteiger partial charge in [-0.25, -0.2) is 13.8 Å². The van der Waals surface area contributed by atoms with Gasteiger partial charge in [0.05, 0.1) is 26.7 Å². The highest BCUT2D eigenvalue weighted by molar-refractivity contribution is 6.37. The van der Waals surface area contributed by atoms with E-state index in [4.69, 9.17) is 39.5 Å². The van der Waals surface area contributed by atoms with Crippen molar-refractivity contribution in [1.29, 1.82) is 0 Å². The van der Waals surface area contributed by atoms with Crippen molar-refractivity contribution in [3.05, 3.63) is 85.6 Å². The van der Waals surface area contributed by atoms with Gasteiger partial charge >= 0.3 is 0 Å². The number of carbonyl (C=O) groups excluding carboxylic acids is 2. The molecule has 0 aliphatic carbocycles. The first-order valence-corrected chi connectivity index (χ1v) is 11.5. The van der Waals surface area contributed by atoms with Crippen LogP contribution in [-0.4, -0.2) is 28.9 Å². The number of methoxy groups -OCH3 is 1. The molecule has 12 heteroatoms. The van der Waals surface area contributed by atoms with Gasteiger partial charge in [-0.2, -0.15) is 0 Å². The second-order valence-corrected chi connectivity index (χ2v) is 8.89. The highest BCUT2D eigenvalue weighted by Gasteiger charge is 2.24. The maximum atomic E-state index is 14.4. The highest BCUT2D eigenvalue weighted by atomic mass is 35.5. The Bertz CT molecular complexity index is 1520. The Morgan fingerprint density at radius 1 is 1.06 bits per heavy atom. The maximum Gasteiger partial charge on any atom is 0.260 e. The summed E-state index contributed by atoms with van der Waals surface area (Å²) in [4.78, 5) is 33.5. The van der Waals surface area contributed by atoms with Crippen molar-refractivity contribution < 1.29 is 23.1 Å². The van der Waals surface area contributed by atoms with E-state index in [2.05, 4.69) is 20.6 Å². The monoisotopic (exact) mass is 552 g/mol. The molecule has 0 spiro atoms. The van der Waals surface area contributed by atoms with Gasteiger partial charge in [0.2, 0.25) is 0 Å². The number of nitrogens with zero attached hydrogens (tertiary/aromatic N) is 1. The van der Waals surface area contributed by atoms with E-state index in [1.54, 1.807) is 25.1 Å². The second-order valence-electron chi connectivity index (χ2n) is 7.70. The third-order valence-corrected chi connectivity index (χ3v) is 6.32. The van der Waals surface area contributed by atoms with E-state index in [0.29, 0.717) is 39.2 Å². The molecule has 0 aliphatic heterocycles. The Balaban J connectivity index is 1.76. The zero-order valence-electron chi connectivity index (χ0n) is 18.7. The maximum absolute atomic E-state index is 14.4. The van der Waals surface area contributed by atoms with Crippen LogP contribution in [0.3, 0.4) is 0 Å². The summed E-state index contributed by atoms with van der Waals surface area (Å²) in [5.41, 5.74) is 1.29. The molecule has 0 saturated carbocycles. The fraction of sp³-hybridized carbons (Fsp3) is 0.125. The van der Waals surface area contributed by atoms with E-state index in [1.807, 2.05) is 0 Å². The molecule has 1 heterocycles. The number of H-pyrrole nitrogens is 1. The zero-order chi connectivity index (χ0) is 26.1. The Kier molecular flexibility index (Phi) is 7.46. The molecular weight excluding hydrogens is 537 g/mol. The van der Waals surface area contributed by atoms with E-state index in [1.165, 1.54) is 19.2 Å². The molecule has 0 atom stereocenters. The Hall–Kier alpha value is -3.24. The first kappa shape index (κ1) is 25.8. The number of carbonyl (C=O) groups is 2. The SMILES string of the molecule is COCc1nc2c(C(=O)Nc3cccc(Cl)c3C)cc(NC(=O)c3c(F)cc(Cl)c(F)c3Cl)cc2[nH]1. The van der Waals surface area contributed by atoms with Crippen LogP contribution in [0.2, 0.25) is 15.1 Å². The molecule has 2 amide bonds. The first-order chi connectivity index (χ1) is 17.1. The van der Waals surface area contributed by atoms with E-state index in [0.717, 1.165) is 0 Å². The minimum absolute atomic E-state index is 0.0923. The number of hydrogen-bond acceptors (Lipinski definition) is 4. The van der Waals surface area contributed by atoms with Gasteiger partial charge in [0.1, 0.15) is 23.8 Å². The topological polar surface area (TPSA) is 96.1 Å². The Morgan fingerprint density at radius 2 is 1.81 bits per heavy atom. The standard InChI is InChI=1S/C24H17Cl3F2N4O3/c1-10-13(25)4-3-5-16(10)32-23(34)12-6-11(7-17-22(12)33-18(31-17)9-36-2)30-24(35)19-15(28)8-14(26)21(29)20(19)27/h3-8H,9H2,1-2H3,(H,30,35)(H,31,33)(H,32,34). The minimum Gasteiger partial charge on any atom is -0.377 e. The lowest BCUT2D eigenvalue weighted by Crippen LogP contribution is -2.17. The van der Waals surface area contributed by atoms with Crippen molar-refractivity contribution in [2.24, 2.45) is 0 Å². The van der Waals surface area contributed by atoms with E-state index < -0.39 is 39.1 Å². The third-order valence-electron chi connectivity index (χ3n) is 5.28. The molecule has 4 aromatic rings. The number of fused-ring (bicyclic) bond motifs is 1. The van der Waals surface area contributed by atoms with Crippen molar-refractivity contribution >= 4 is 69.0 Å². The number of anilines is 2. The van der Waals surface area contributed by atoms with Crippen LogP contribution in [0, 0.1) is 18.6 Å². The van der Waals surface area contributed by atoms with Gasteiger partial charge in [-0.1, -0.05) is 40.9 Å². The van der Waals surface area contributed by atoms with Crippen LogP contribution in [0.1, 0.15) is 32.1 Å². The lowest BCUT2D eigenvalue weighted by Gasteiger charge is -2.12. The predicted molar refractivity (Wildman–Crippen MR) is 135 cm³/mol. The van der Waals surface area contributed by atoms with Gasteiger partial charge in [-0.3, -0.25) is 9.59 Å². The van der Waals surface area contributed by atoms with Gasteiger partial charge in [0, 0.05) is 23.5 Å². The molecule has 0 fully saturated rings. The molecule has 7 nitrogen and oxygen atoms in total. The van der Waals surface area contributed by atoms with Gasteiger partial charge in [-0.05, 0) is 42.8 Å². The van der Waals surface area contributed by atoms with Crippen LogP contribution >= 0.6 is 34.8 Å². The molecule has 0 radical (unpaired) electrons. The van der Waals surface area contributed by atoms with E-state index in [-0.39, 0.29) is 17.9 Å². The van der Waals surface area contributed by atoms with Gasteiger partial charge < -0.3 is 20.4 Å². The number of hydrogen-bond donors (Lipinski definition) is 3. The molecule has 3 aromatic carbocycles. The number of amides is 2. The number of aromatic amines is 1. The van der Waals surface area contributed by atoms with Crippen molar-refractivity contribution in [3.63, 3.8) is 0 Å². The summed E-state index contributed by atoms with van der Waals surface area (Å²) in [7, 11) is 1.48. The minimum atomic E-state index is -1.13. The average Bonchev–Trinajstić information content (AvgIpc) is 3.22. The molecular formula is C24H17Cl3F2N4O3. The second kappa shape index (κ2) is 10.4. The Labute approximate surface area is 218 Å². The quantitative estimate of drug-likeness (QED) is 0.182. The number of nitrogens with one attached hydrogen (secondary N) is 3. The largest absolute Gasteiger partial charge is 0.377 e. The van der Waals surface area contributed by atoms with Crippen LogP contribution in [0.15, 0.2) is 36.4 Å². The normalized spacial score (nSPS) is 11.1. The molecule has 0 aliphatic rings. The molecule has 186 valence electrons. The van der Waals surface area contributed by atoms with Crippen molar-refractivity contribution in [1.82, 2.24) is 9.97 Å². The van der Waals surface area contributed by atoms with E-state index >= 15 is 0 Å². The summed E-state index contributed by atoms with van der Waals surface area (Å²) in [6.07, 6.45) is 0. The summed E-state index contributed by atoms with van der Waals surface area (Å²) >= 11 is 17.6. The van der Waals surface area contributed by atoms with Crippen LogP contribution < -0.4 is 10.6 Å². The van der Waals surface area contributed by atoms with Crippen molar-refractivity contribution in [2.45, 2.75) is 13.5 Å².